The zero-order valence-electron chi connectivity index (χ0n) is 11.8. The van der Waals surface area contributed by atoms with E-state index in [-0.39, 0.29) is 5.82 Å². The molecule has 2 aromatic carbocycles. The van der Waals surface area contributed by atoms with Crippen LogP contribution in [0.25, 0.3) is 11.0 Å². The van der Waals surface area contributed by atoms with Crippen LogP contribution in [0.2, 0.25) is 0 Å². The summed E-state index contributed by atoms with van der Waals surface area (Å²) in [4.78, 5) is 4.54. The minimum absolute atomic E-state index is 0.239. The summed E-state index contributed by atoms with van der Waals surface area (Å²) < 4.78 is 20.4. The zero-order valence-corrected chi connectivity index (χ0v) is 12.7. The van der Waals surface area contributed by atoms with Gasteiger partial charge in [-0.3, -0.25) is 0 Å². The number of aryl methyl sites for hydroxylation is 1. The maximum Gasteiger partial charge on any atom is 0.169 e. The Bertz CT molecular complexity index is 768. The largest absolute Gasteiger partial charge is 0.497 e. The monoisotopic (exact) mass is 302 g/mol. The highest BCUT2D eigenvalue weighted by molar-refractivity contribution is 7.98. The molecule has 0 saturated carbocycles. The van der Waals surface area contributed by atoms with E-state index < -0.39 is 0 Å². The van der Waals surface area contributed by atoms with Gasteiger partial charge in [0.1, 0.15) is 11.6 Å². The summed E-state index contributed by atoms with van der Waals surface area (Å²) in [6.07, 6.45) is 0. The fourth-order valence-corrected chi connectivity index (χ4v) is 3.08. The molecule has 0 bridgehead atoms. The maximum absolute atomic E-state index is 13.3. The molecule has 0 amide bonds. The van der Waals surface area contributed by atoms with Gasteiger partial charge in [-0.25, -0.2) is 9.37 Å². The number of methoxy groups -OCH3 is 1. The van der Waals surface area contributed by atoms with Crippen molar-refractivity contribution in [2.24, 2.45) is 7.05 Å². The lowest BCUT2D eigenvalue weighted by atomic mass is 10.2. The minimum atomic E-state index is -0.239. The minimum Gasteiger partial charge on any atom is -0.497 e. The maximum atomic E-state index is 13.3. The van der Waals surface area contributed by atoms with Crippen molar-refractivity contribution in [3.8, 4) is 5.75 Å². The molecule has 0 saturated heterocycles. The standard InChI is InChI=1S/C16H15FN2OS/c1-19-15-9-12(17)5-8-14(15)18-16(19)21-10-11-3-6-13(20-2)7-4-11/h3-9H,10H2,1-2H3. The lowest BCUT2D eigenvalue weighted by molar-refractivity contribution is 0.414. The van der Waals surface area contributed by atoms with Gasteiger partial charge in [0.15, 0.2) is 5.16 Å². The zero-order chi connectivity index (χ0) is 14.8. The van der Waals surface area contributed by atoms with E-state index in [4.69, 9.17) is 4.74 Å². The quantitative estimate of drug-likeness (QED) is 0.681. The van der Waals surface area contributed by atoms with Crippen LogP contribution in [0.1, 0.15) is 5.56 Å². The molecule has 0 atom stereocenters. The molecule has 3 rings (SSSR count). The Morgan fingerprint density at radius 1 is 1.19 bits per heavy atom. The van der Waals surface area contributed by atoms with E-state index in [2.05, 4.69) is 4.98 Å². The number of aromatic nitrogens is 2. The predicted octanol–water partition coefficient (Wildman–Crippen LogP) is 4.01. The van der Waals surface area contributed by atoms with Gasteiger partial charge in [0.2, 0.25) is 0 Å². The second-order valence-electron chi connectivity index (χ2n) is 4.72. The first-order chi connectivity index (χ1) is 10.2. The van der Waals surface area contributed by atoms with E-state index in [1.807, 2.05) is 35.9 Å². The Kier molecular flexibility index (Phi) is 3.84. The lowest BCUT2D eigenvalue weighted by Gasteiger charge is -2.04. The lowest BCUT2D eigenvalue weighted by Crippen LogP contribution is -1.91. The molecule has 0 fully saturated rings. The van der Waals surface area contributed by atoms with E-state index in [0.29, 0.717) is 0 Å². The Labute approximate surface area is 126 Å². The van der Waals surface area contributed by atoms with Crippen LogP contribution in [0.4, 0.5) is 4.39 Å². The SMILES string of the molecule is COc1ccc(CSc2nc3ccc(F)cc3n2C)cc1. The highest BCUT2D eigenvalue weighted by Gasteiger charge is 2.09. The molecule has 0 aliphatic rings. The smallest absolute Gasteiger partial charge is 0.169 e. The Balaban J connectivity index is 1.79. The first-order valence-electron chi connectivity index (χ1n) is 6.55. The normalized spacial score (nSPS) is 11.0. The average Bonchev–Trinajstić information content (AvgIpc) is 2.82. The van der Waals surface area contributed by atoms with Crippen LogP contribution in [-0.4, -0.2) is 16.7 Å². The van der Waals surface area contributed by atoms with Crippen LogP contribution < -0.4 is 4.74 Å². The Morgan fingerprint density at radius 3 is 2.67 bits per heavy atom. The summed E-state index contributed by atoms with van der Waals surface area (Å²) in [6, 6.07) is 12.6. The second-order valence-corrected chi connectivity index (χ2v) is 5.67. The highest BCUT2D eigenvalue weighted by Crippen LogP contribution is 2.26. The van der Waals surface area contributed by atoms with E-state index in [0.717, 1.165) is 27.7 Å². The van der Waals surface area contributed by atoms with Crippen molar-refractivity contribution in [2.75, 3.05) is 7.11 Å². The van der Waals surface area contributed by atoms with Crippen molar-refractivity contribution in [1.29, 1.82) is 0 Å². The van der Waals surface area contributed by atoms with Crippen LogP contribution in [-0.2, 0) is 12.8 Å². The first kappa shape index (κ1) is 13.9. The molecule has 0 N–H and O–H groups in total. The Hall–Kier alpha value is -2.01. The third-order valence-corrected chi connectivity index (χ3v) is 4.43. The topological polar surface area (TPSA) is 27.1 Å². The average molecular weight is 302 g/mol. The van der Waals surface area contributed by atoms with Gasteiger partial charge < -0.3 is 9.30 Å². The molecular formula is C16H15FN2OS. The van der Waals surface area contributed by atoms with Gasteiger partial charge in [-0.2, -0.15) is 0 Å². The molecule has 108 valence electrons. The van der Waals surface area contributed by atoms with Gasteiger partial charge in [0.05, 0.1) is 18.1 Å². The van der Waals surface area contributed by atoms with E-state index in [9.17, 15) is 4.39 Å². The van der Waals surface area contributed by atoms with E-state index >= 15 is 0 Å². The molecule has 1 heterocycles. The van der Waals surface area contributed by atoms with Crippen molar-refractivity contribution in [3.63, 3.8) is 0 Å². The van der Waals surface area contributed by atoms with Crippen molar-refractivity contribution < 1.29 is 9.13 Å². The van der Waals surface area contributed by atoms with E-state index in [1.165, 1.54) is 17.7 Å². The third-order valence-electron chi connectivity index (χ3n) is 3.33. The van der Waals surface area contributed by atoms with E-state index in [1.54, 1.807) is 24.9 Å². The summed E-state index contributed by atoms with van der Waals surface area (Å²) in [5.41, 5.74) is 2.82. The number of imidazole rings is 1. The molecule has 0 radical (unpaired) electrons. The van der Waals surface area contributed by atoms with Crippen LogP contribution >= 0.6 is 11.8 Å². The molecule has 0 aliphatic heterocycles. The van der Waals surface area contributed by atoms with Crippen molar-refractivity contribution in [2.45, 2.75) is 10.9 Å². The number of rotatable bonds is 4. The van der Waals surface area contributed by atoms with Gasteiger partial charge in [0.25, 0.3) is 0 Å². The first-order valence-corrected chi connectivity index (χ1v) is 7.53. The molecule has 0 unspecified atom stereocenters. The summed E-state index contributed by atoms with van der Waals surface area (Å²) in [6.45, 7) is 0. The van der Waals surface area contributed by atoms with Crippen molar-refractivity contribution >= 4 is 22.8 Å². The Morgan fingerprint density at radius 2 is 1.95 bits per heavy atom. The van der Waals surface area contributed by atoms with Crippen LogP contribution in [0.15, 0.2) is 47.6 Å². The van der Waals surface area contributed by atoms with Gasteiger partial charge in [-0.15, -0.1) is 0 Å². The molecule has 1 aromatic heterocycles. The molecule has 3 nitrogen and oxygen atoms in total. The van der Waals surface area contributed by atoms with Gasteiger partial charge >= 0.3 is 0 Å². The third kappa shape index (κ3) is 2.88. The second kappa shape index (κ2) is 5.77. The molecule has 5 heteroatoms. The molecule has 3 aromatic rings. The molecule has 21 heavy (non-hydrogen) atoms. The van der Waals surface area contributed by atoms with Crippen LogP contribution in [0.5, 0.6) is 5.75 Å². The number of hydrogen-bond donors (Lipinski definition) is 0. The number of benzene rings is 2. The van der Waals surface area contributed by atoms with Crippen LogP contribution in [0.3, 0.4) is 0 Å². The van der Waals surface area contributed by atoms with Crippen molar-refractivity contribution in [3.05, 3.63) is 53.8 Å². The number of halogens is 1. The number of fused-ring (bicyclic) bond motifs is 1. The molecular weight excluding hydrogens is 287 g/mol. The van der Waals surface area contributed by atoms with Gasteiger partial charge in [0, 0.05) is 12.8 Å². The summed E-state index contributed by atoms with van der Waals surface area (Å²) in [5.74, 6) is 1.42. The fraction of sp³-hybridized carbons (Fsp3) is 0.188. The van der Waals surface area contributed by atoms with Crippen LogP contribution in [0, 0.1) is 5.82 Å². The molecule has 0 aliphatic carbocycles. The highest BCUT2D eigenvalue weighted by atomic mass is 32.2. The number of thioether (sulfide) groups is 1. The fourth-order valence-electron chi connectivity index (χ4n) is 2.14. The van der Waals surface area contributed by atoms with Gasteiger partial charge in [-0.1, -0.05) is 23.9 Å². The number of hydrogen-bond acceptors (Lipinski definition) is 3. The summed E-state index contributed by atoms with van der Waals surface area (Å²) >= 11 is 1.63. The summed E-state index contributed by atoms with van der Waals surface area (Å²) in [7, 11) is 3.56. The van der Waals surface area contributed by atoms with Gasteiger partial charge in [-0.05, 0) is 35.9 Å². The number of ether oxygens (including phenoxy) is 1. The summed E-state index contributed by atoms with van der Waals surface area (Å²) in [5, 5.41) is 0.881. The predicted molar refractivity (Wildman–Crippen MR) is 83.2 cm³/mol. The van der Waals surface area contributed by atoms with Crippen molar-refractivity contribution in [1.82, 2.24) is 9.55 Å². The number of nitrogens with zero attached hydrogens (tertiary/aromatic N) is 2. The molecule has 0 spiro atoms.